The number of halogens is 4. The average Bonchev–Trinajstić information content (AvgIpc) is 3.07. The quantitative estimate of drug-likeness (QED) is 0.399. The van der Waals surface area contributed by atoms with Gasteiger partial charge in [0.15, 0.2) is 0 Å². The van der Waals surface area contributed by atoms with E-state index in [1.165, 1.54) is 24.3 Å². The van der Waals surface area contributed by atoms with Gasteiger partial charge in [-0.1, -0.05) is 53.7 Å². The molecule has 3 rings (SSSR count). The zero-order valence-electron chi connectivity index (χ0n) is 15.0. The van der Waals surface area contributed by atoms with Gasteiger partial charge in [-0.05, 0) is 29.8 Å². The van der Waals surface area contributed by atoms with Crippen LogP contribution in [0.5, 0.6) is 0 Å². The maximum absolute atomic E-state index is 12.9. The number of hydrogen-bond donors (Lipinski definition) is 2. The van der Waals surface area contributed by atoms with Crippen molar-refractivity contribution in [3.63, 3.8) is 0 Å². The van der Waals surface area contributed by atoms with Crippen molar-refractivity contribution >= 4 is 33.4 Å². The lowest BCUT2D eigenvalue weighted by Gasteiger charge is -2.17. The minimum absolute atomic E-state index is 0.00469. The van der Waals surface area contributed by atoms with E-state index < -0.39 is 27.3 Å². The Morgan fingerprint density at radius 1 is 1.10 bits per heavy atom. The molecule has 30 heavy (non-hydrogen) atoms. The number of thioether (sulfide) groups is 1. The number of alkyl halides is 3. The van der Waals surface area contributed by atoms with E-state index in [-0.39, 0.29) is 16.6 Å². The lowest BCUT2D eigenvalue weighted by molar-refractivity contribution is -0.146. The molecule has 0 saturated heterocycles. The summed E-state index contributed by atoms with van der Waals surface area (Å²) in [5.41, 5.74) is 0.665. The van der Waals surface area contributed by atoms with Crippen LogP contribution in [-0.2, 0) is 16.2 Å². The van der Waals surface area contributed by atoms with Crippen molar-refractivity contribution in [2.24, 2.45) is 0 Å². The summed E-state index contributed by atoms with van der Waals surface area (Å²) in [5, 5.41) is 6.14. The van der Waals surface area contributed by atoms with E-state index >= 15 is 0 Å². The summed E-state index contributed by atoms with van der Waals surface area (Å²) >= 11 is 6.64. The van der Waals surface area contributed by atoms with Gasteiger partial charge in [0.05, 0.1) is 10.1 Å². The van der Waals surface area contributed by atoms with Gasteiger partial charge in [0.25, 0.3) is 5.82 Å². The second-order valence-electron chi connectivity index (χ2n) is 6.00. The van der Waals surface area contributed by atoms with Crippen LogP contribution >= 0.6 is 23.4 Å². The molecular weight excluding hydrogens is 463 g/mol. The molecule has 1 atom stereocenters. The van der Waals surface area contributed by atoms with E-state index in [9.17, 15) is 21.6 Å². The summed E-state index contributed by atoms with van der Waals surface area (Å²) in [6.45, 7) is -0.131. The standard InChI is InChI=1S/C17H15ClF3N5O2S2/c18-12-6-8-13(9-7-12)30(27,28)23-10-14(11-4-2-1-3-5-11)29-16-25-24-15(26(16)22)17(19,20)21/h1-9,14,23H,10,22H2. The van der Waals surface area contributed by atoms with Crippen LogP contribution in [-0.4, -0.2) is 29.8 Å². The van der Waals surface area contributed by atoms with Crippen molar-refractivity contribution in [2.75, 3.05) is 12.4 Å². The van der Waals surface area contributed by atoms with Gasteiger partial charge in [-0.3, -0.25) is 0 Å². The van der Waals surface area contributed by atoms with E-state index in [1.54, 1.807) is 30.3 Å². The normalized spacial score (nSPS) is 13.3. The first-order valence-electron chi connectivity index (χ1n) is 8.32. The number of nitrogens with zero attached hydrogens (tertiary/aromatic N) is 3. The van der Waals surface area contributed by atoms with Gasteiger partial charge in [-0.25, -0.2) is 17.8 Å². The smallest absolute Gasteiger partial charge is 0.335 e. The van der Waals surface area contributed by atoms with E-state index in [2.05, 4.69) is 14.9 Å². The van der Waals surface area contributed by atoms with Crippen LogP contribution in [0.15, 0.2) is 64.6 Å². The molecular formula is C17H15ClF3N5O2S2. The van der Waals surface area contributed by atoms with Gasteiger partial charge in [0, 0.05) is 11.6 Å². The molecule has 0 saturated carbocycles. The van der Waals surface area contributed by atoms with Gasteiger partial charge < -0.3 is 5.84 Å². The first-order chi connectivity index (χ1) is 14.1. The SMILES string of the molecule is Nn1c(SC(CNS(=O)(=O)c2ccc(Cl)cc2)c2ccccc2)nnc1C(F)(F)F. The Morgan fingerprint density at radius 3 is 2.30 bits per heavy atom. The average molecular weight is 478 g/mol. The molecule has 13 heteroatoms. The fourth-order valence-electron chi connectivity index (χ4n) is 2.46. The fraction of sp³-hybridized carbons (Fsp3) is 0.176. The predicted molar refractivity (Wildman–Crippen MR) is 107 cm³/mol. The number of hydrogen-bond acceptors (Lipinski definition) is 6. The number of nitrogens with one attached hydrogen (secondary N) is 1. The Kier molecular flexibility index (Phi) is 6.60. The maximum atomic E-state index is 12.9. The van der Waals surface area contributed by atoms with E-state index in [4.69, 9.17) is 17.4 Å². The van der Waals surface area contributed by atoms with Crippen molar-refractivity contribution < 1.29 is 21.6 Å². The van der Waals surface area contributed by atoms with Crippen LogP contribution in [0.25, 0.3) is 0 Å². The van der Waals surface area contributed by atoms with Crippen LogP contribution in [0.3, 0.4) is 0 Å². The molecule has 160 valence electrons. The summed E-state index contributed by atoms with van der Waals surface area (Å²) in [4.78, 5) is 0.00469. The maximum Gasteiger partial charge on any atom is 0.453 e. The van der Waals surface area contributed by atoms with Crippen molar-refractivity contribution in [1.82, 2.24) is 19.6 Å². The zero-order valence-corrected chi connectivity index (χ0v) is 17.4. The molecule has 0 amide bonds. The molecule has 1 aromatic heterocycles. The van der Waals surface area contributed by atoms with Crippen LogP contribution < -0.4 is 10.6 Å². The fourth-order valence-corrected chi connectivity index (χ4v) is 4.74. The number of aromatic nitrogens is 3. The molecule has 0 radical (unpaired) electrons. The molecule has 3 aromatic rings. The highest BCUT2D eigenvalue weighted by molar-refractivity contribution is 7.99. The third-order valence-corrected chi connectivity index (χ3v) is 6.82. The van der Waals surface area contributed by atoms with Crippen molar-refractivity contribution in [3.05, 3.63) is 71.0 Å². The number of benzene rings is 2. The van der Waals surface area contributed by atoms with Crippen LogP contribution in [0.2, 0.25) is 5.02 Å². The van der Waals surface area contributed by atoms with Crippen molar-refractivity contribution in [1.29, 1.82) is 0 Å². The van der Waals surface area contributed by atoms with Gasteiger partial charge in [-0.15, -0.1) is 10.2 Å². The first kappa shape index (κ1) is 22.4. The molecule has 0 fully saturated rings. The topological polar surface area (TPSA) is 103 Å². The molecule has 0 aliphatic heterocycles. The molecule has 0 aliphatic carbocycles. The molecule has 0 bridgehead atoms. The molecule has 3 N–H and O–H groups in total. The third-order valence-electron chi connectivity index (χ3n) is 3.92. The van der Waals surface area contributed by atoms with E-state index in [0.29, 0.717) is 15.3 Å². The largest absolute Gasteiger partial charge is 0.453 e. The Morgan fingerprint density at radius 2 is 1.73 bits per heavy atom. The summed E-state index contributed by atoms with van der Waals surface area (Å²) in [6, 6.07) is 14.2. The molecule has 7 nitrogen and oxygen atoms in total. The minimum Gasteiger partial charge on any atom is -0.335 e. The van der Waals surface area contributed by atoms with Crippen LogP contribution in [0, 0.1) is 0 Å². The third kappa shape index (κ3) is 5.25. The first-order valence-corrected chi connectivity index (χ1v) is 11.1. The lowest BCUT2D eigenvalue weighted by Crippen LogP contribution is -2.28. The van der Waals surface area contributed by atoms with E-state index in [0.717, 1.165) is 11.8 Å². The highest BCUT2D eigenvalue weighted by atomic mass is 35.5. The molecule has 0 spiro atoms. The summed E-state index contributed by atoms with van der Waals surface area (Å²) in [7, 11) is -3.88. The summed E-state index contributed by atoms with van der Waals surface area (Å²) in [5.74, 6) is 4.15. The Bertz CT molecular complexity index is 1110. The summed E-state index contributed by atoms with van der Waals surface area (Å²) in [6.07, 6.45) is -4.76. The van der Waals surface area contributed by atoms with Crippen LogP contribution in [0.1, 0.15) is 16.6 Å². The number of sulfonamides is 1. The summed E-state index contributed by atoms with van der Waals surface area (Å²) < 4.78 is 66.7. The Labute approximate surface area is 179 Å². The minimum atomic E-state index is -4.76. The number of nitrogens with two attached hydrogens (primary N) is 1. The van der Waals surface area contributed by atoms with Crippen LogP contribution in [0.4, 0.5) is 13.2 Å². The second-order valence-corrected chi connectivity index (χ2v) is 9.37. The van der Waals surface area contributed by atoms with Gasteiger partial charge in [0.2, 0.25) is 15.2 Å². The molecule has 1 unspecified atom stereocenters. The van der Waals surface area contributed by atoms with E-state index in [1.807, 2.05) is 0 Å². The monoisotopic (exact) mass is 477 g/mol. The zero-order chi connectivity index (χ0) is 21.9. The highest BCUT2D eigenvalue weighted by Crippen LogP contribution is 2.36. The number of rotatable bonds is 7. The van der Waals surface area contributed by atoms with Gasteiger partial charge in [-0.2, -0.15) is 13.2 Å². The Hall–Kier alpha value is -2.28. The van der Waals surface area contributed by atoms with Gasteiger partial charge >= 0.3 is 6.18 Å². The highest BCUT2D eigenvalue weighted by Gasteiger charge is 2.38. The van der Waals surface area contributed by atoms with Crippen molar-refractivity contribution in [3.8, 4) is 0 Å². The Balaban J connectivity index is 1.84. The lowest BCUT2D eigenvalue weighted by atomic mass is 10.1. The van der Waals surface area contributed by atoms with Crippen molar-refractivity contribution in [2.45, 2.75) is 21.5 Å². The molecule has 2 aromatic carbocycles. The van der Waals surface area contributed by atoms with Gasteiger partial charge in [0.1, 0.15) is 0 Å². The second kappa shape index (κ2) is 8.84. The molecule has 0 aliphatic rings. The molecule has 1 heterocycles. The number of nitrogen functional groups attached to an aromatic ring is 1. The predicted octanol–water partition coefficient (Wildman–Crippen LogP) is 3.48.